The summed E-state index contributed by atoms with van der Waals surface area (Å²) in [6, 6.07) is 0. The first-order valence-corrected chi connectivity index (χ1v) is 4.92. The Hall–Kier alpha value is -0.410. The zero-order valence-corrected chi connectivity index (χ0v) is 8.41. The van der Waals surface area contributed by atoms with Crippen LogP contribution in [0.25, 0.3) is 0 Å². The van der Waals surface area contributed by atoms with Gasteiger partial charge in [0.1, 0.15) is 6.61 Å². The van der Waals surface area contributed by atoms with Crippen molar-refractivity contribution < 1.29 is 14.3 Å². The molecule has 1 unspecified atom stereocenters. The molecule has 1 fully saturated rings. The van der Waals surface area contributed by atoms with E-state index >= 15 is 0 Å². The Bertz CT molecular complexity index is 160. The molecule has 0 saturated carbocycles. The highest BCUT2D eigenvalue weighted by Gasteiger charge is 2.16. The van der Waals surface area contributed by atoms with Gasteiger partial charge in [-0.3, -0.25) is 4.79 Å². The molecular weight excluding hydrogens is 168 g/mol. The van der Waals surface area contributed by atoms with Crippen LogP contribution in [-0.4, -0.2) is 31.7 Å². The molecule has 13 heavy (non-hydrogen) atoms. The van der Waals surface area contributed by atoms with E-state index in [-0.39, 0.29) is 24.4 Å². The molecule has 0 radical (unpaired) electrons. The van der Waals surface area contributed by atoms with E-state index < -0.39 is 0 Å². The number of hydrogen-bond acceptors (Lipinski definition) is 3. The highest BCUT2D eigenvalue weighted by atomic mass is 16.5. The Kier molecular flexibility index (Phi) is 4.39. The predicted molar refractivity (Wildman–Crippen MR) is 49.6 cm³/mol. The summed E-state index contributed by atoms with van der Waals surface area (Å²) in [7, 11) is 0. The van der Waals surface area contributed by atoms with Crippen molar-refractivity contribution in [3.63, 3.8) is 0 Å². The Morgan fingerprint density at radius 3 is 2.92 bits per heavy atom. The molecule has 1 aliphatic heterocycles. The fraction of sp³-hybridized carbons (Fsp3) is 0.900. The minimum atomic E-state index is 0.0736. The van der Waals surface area contributed by atoms with Crippen LogP contribution >= 0.6 is 0 Å². The molecule has 1 rings (SSSR count). The highest BCUT2D eigenvalue weighted by Crippen LogP contribution is 2.10. The van der Waals surface area contributed by atoms with Gasteiger partial charge in [-0.05, 0) is 12.8 Å². The van der Waals surface area contributed by atoms with Gasteiger partial charge in [0.25, 0.3) is 0 Å². The van der Waals surface area contributed by atoms with Crippen molar-refractivity contribution in [2.75, 3.05) is 19.8 Å². The van der Waals surface area contributed by atoms with E-state index in [9.17, 15) is 4.79 Å². The average molecular weight is 186 g/mol. The fourth-order valence-electron chi connectivity index (χ4n) is 1.21. The minimum Gasteiger partial charge on any atom is -0.379 e. The number of carbonyl (C=O) groups is 1. The molecule has 0 aromatic heterocycles. The largest absolute Gasteiger partial charge is 0.379 e. The molecule has 0 aromatic carbocycles. The molecule has 0 aliphatic carbocycles. The zero-order chi connectivity index (χ0) is 9.68. The molecule has 0 bridgehead atoms. The van der Waals surface area contributed by atoms with Crippen molar-refractivity contribution in [3.8, 4) is 0 Å². The zero-order valence-electron chi connectivity index (χ0n) is 8.41. The summed E-state index contributed by atoms with van der Waals surface area (Å²) in [6.45, 7) is 5.50. The van der Waals surface area contributed by atoms with Crippen LogP contribution in [-0.2, 0) is 14.3 Å². The van der Waals surface area contributed by atoms with Crippen LogP contribution in [0.2, 0.25) is 0 Å². The highest BCUT2D eigenvalue weighted by molar-refractivity contribution is 5.81. The lowest BCUT2D eigenvalue weighted by Crippen LogP contribution is -2.28. The van der Waals surface area contributed by atoms with Crippen LogP contribution in [0.15, 0.2) is 0 Å². The van der Waals surface area contributed by atoms with Gasteiger partial charge in [0.15, 0.2) is 5.78 Å². The van der Waals surface area contributed by atoms with E-state index in [1.807, 2.05) is 13.8 Å². The molecule has 0 aromatic rings. The van der Waals surface area contributed by atoms with Crippen molar-refractivity contribution in [1.82, 2.24) is 0 Å². The van der Waals surface area contributed by atoms with E-state index in [0.717, 1.165) is 19.4 Å². The Balaban J connectivity index is 2.13. The summed E-state index contributed by atoms with van der Waals surface area (Å²) >= 11 is 0. The summed E-state index contributed by atoms with van der Waals surface area (Å²) in [5, 5.41) is 0. The van der Waals surface area contributed by atoms with E-state index in [0.29, 0.717) is 6.61 Å². The third-order valence-electron chi connectivity index (χ3n) is 2.22. The summed E-state index contributed by atoms with van der Waals surface area (Å²) in [4.78, 5) is 11.2. The lowest BCUT2D eigenvalue weighted by atomic mass is 10.1. The van der Waals surface area contributed by atoms with Crippen LogP contribution in [0.3, 0.4) is 0 Å². The van der Waals surface area contributed by atoms with E-state index in [1.54, 1.807) is 0 Å². The maximum absolute atomic E-state index is 11.2. The first-order valence-electron chi connectivity index (χ1n) is 4.92. The number of Topliss-reactive ketones (excluding diaryl/α,β-unsaturated/α-hetero) is 1. The second kappa shape index (κ2) is 5.35. The smallest absolute Gasteiger partial charge is 0.160 e. The number of rotatable bonds is 4. The van der Waals surface area contributed by atoms with Crippen LogP contribution in [0.1, 0.15) is 26.7 Å². The summed E-state index contributed by atoms with van der Waals surface area (Å²) < 4.78 is 10.7. The van der Waals surface area contributed by atoms with E-state index in [1.165, 1.54) is 0 Å². The van der Waals surface area contributed by atoms with Crippen LogP contribution in [0.5, 0.6) is 0 Å². The van der Waals surface area contributed by atoms with Crippen molar-refractivity contribution in [2.24, 2.45) is 5.92 Å². The topological polar surface area (TPSA) is 35.5 Å². The first-order chi connectivity index (χ1) is 6.20. The minimum absolute atomic E-state index is 0.0736. The molecular formula is C10H18O3. The quantitative estimate of drug-likeness (QED) is 0.666. The second-order valence-electron chi connectivity index (χ2n) is 3.77. The second-order valence-corrected chi connectivity index (χ2v) is 3.77. The van der Waals surface area contributed by atoms with Crippen LogP contribution in [0.4, 0.5) is 0 Å². The maximum Gasteiger partial charge on any atom is 0.160 e. The van der Waals surface area contributed by atoms with Gasteiger partial charge in [-0.2, -0.15) is 0 Å². The monoisotopic (exact) mass is 186 g/mol. The van der Waals surface area contributed by atoms with Crippen LogP contribution < -0.4 is 0 Å². The average Bonchev–Trinajstić information content (AvgIpc) is 2.15. The van der Waals surface area contributed by atoms with Crippen LogP contribution in [0, 0.1) is 5.92 Å². The molecule has 1 aliphatic rings. The Morgan fingerprint density at radius 2 is 2.38 bits per heavy atom. The predicted octanol–water partition coefficient (Wildman–Crippen LogP) is 1.41. The lowest BCUT2D eigenvalue weighted by Gasteiger charge is -2.22. The summed E-state index contributed by atoms with van der Waals surface area (Å²) in [5.41, 5.74) is 0. The summed E-state index contributed by atoms with van der Waals surface area (Å²) in [5.74, 6) is 0.245. The SMILES string of the molecule is CC(C)C(=O)COC1CCCOC1. The van der Waals surface area contributed by atoms with E-state index in [4.69, 9.17) is 9.47 Å². The van der Waals surface area contributed by atoms with Crippen molar-refractivity contribution >= 4 is 5.78 Å². The molecule has 0 N–H and O–H groups in total. The van der Waals surface area contributed by atoms with Gasteiger partial charge in [-0.1, -0.05) is 13.8 Å². The normalized spacial score (nSPS) is 23.5. The third-order valence-corrected chi connectivity index (χ3v) is 2.22. The molecule has 1 atom stereocenters. The molecule has 3 heteroatoms. The van der Waals surface area contributed by atoms with Gasteiger partial charge in [-0.15, -0.1) is 0 Å². The lowest BCUT2D eigenvalue weighted by molar-refractivity contribution is -0.131. The molecule has 1 heterocycles. The van der Waals surface area contributed by atoms with Gasteiger partial charge in [-0.25, -0.2) is 0 Å². The number of hydrogen-bond donors (Lipinski definition) is 0. The van der Waals surface area contributed by atoms with Gasteiger partial charge in [0.2, 0.25) is 0 Å². The van der Waals surface area contributed by atoms with Gasteiger partial charge < -0.3 is 9.47 Å². The Morgan fingerprint density at radius 1 is 1.62 bits per heavy atom. The van der Waals surface area contributed by atoms with Crippen molar-refractivity contribution in [2.45, 2.75) is 32.8 Å². The number of ether oxygens (including phenoxy) is 2. The van der Waals surface area contributed by atoms with Crippen molar-refractivity contribution in [1.29, 1.82) is 0 Å². The number of ketones is 1. The van der Waals surface area contributed by atoms with E-state index in [2.05, 4.69) is 0 Å². The standard InChI is InChI=1S/C10H18O3/c1-8(2)10(11)7-13-9-4-3-5-12-6-9/h8-9H,3-7H2,1-2H3. The molecule has 0 spiro atoms. The van der Waals surface area contributed by atoms with Gasteiger partial charge >= 0.3 is 0 Å². The molecule has 3 nitrogen and oxygen atoms in total. The molecule has 1 saturated heterocycles. The van der Waals surface area contributed by atoms with Gasteiger partial charge in [0, 0.05) is 12.5 Å². The molecule has 76 valence electrons. The fourth-order valence-corrected chi connectivity index (χ4v) is 1.21. The first kappa shape index (κ1) is 10.7. The van der Waals surface area contributed by atoms with Gasteiger partial charge in [0.05, 0.1) is 12.7 Å². The maximum atomic E-state index is 11.2. The van der Waals surface area contributed by atoms with Crippen molar-refractivity contribution in [3.05, 3.63) is 0 Å². The third kappa shape index (κ3) is 3.87. The molecule has 0 amide bonds. The number of carbonyl (C=O) groups excluding carboxylic acids is 1. The Labute approximate surface area is 79.4 Å². The summed E-state index contributed by atoms with van der Waals surface area (Å²) in [6.07, 6.45) is 2.20.